The van der Waals surface area contributed by atoms with E-state index in [1.165, 1.54) is 38.8 Å². The highest BCUT2D eigenvalue weighted by Crippen LogP contribution is 2.34. The Balaban J connectivity index is 1.62. The molecule has 1 aromatic rings. The van der Waals surface area contributed by atoms with Crippen molar-refractivity contribution in [3.8, 4) is 0 Å². The first kappa shape index (κ1) is 21.2. The van der Waals surface area contributed by atoms with Gasteiger partial charge in [0.1, 0.15) is 0 Å². The van der Waals surface area contributed by atoms with Crippen molar-refractivity contribution in [2.75, 3.05) is 19.7 Å². The van der Waals surface area contributed by atoms with Gasteiger partial charge in [0.05, 0.1) is 6.61 Å². The van der Waals surface area contributed by atoms with Crippen LogP contribution in [0.5, 0.6) is 0 Å². The maximum atomic E-state index is 12.6. The molecule has 1 aromatic carbocycles. The molecule has 2 fully saturated rings. The smallest absolute Gasteiger partial charge is 0.253 e. The Morgan fingerprint density at radius 3 is 2.78 bits per heavy atom. The minimum absolute atomic E-state index is 0.307. The fraction of sp³-hybridized carbons (Fsp3) is 0.650. The third-order valence-electron chi connectivity index (χ3n) is 5.55. The Hall–Kier alpha value is -0.520. The van der Waals surface area contributed by atoms with Gasteiger partial charge in [-0.3, -0.25) is 4.79 Å². The van der Waals surface area contributed by atoms with Gasteiger partial charge in [-0.1, -0.05) is 58.9 Å². The Bertz CT molecular complexity index is 648. The van der Waals surface area contributed by atoms with Crippen LogP contribution in [0.15, 0.2) is 24.3 Å². The summed E-state index contributed by atoms with van der Waals surface area (Å²) >= 11 is 18.3. The molecule has 2 aliphatic rings. The molecule has 0 saturated carbocycles. The van der Waals surface area contributed by atoms with Crippen molar-refractivity contribution < 1.29 is 9.53 Å². The molecular formula is C20H27Cl3N2O2. The minimum atomic E-state index is -1.74. The SMILES string of the molecule is Cc1cccc(C(=O)NC(OCC2CCCN3CCCC[C@H]23)C(Cl)(Cl)Cl)c1. The topological polar surface area (TPSA) is 41.6 Å². The second kappa shape index (κ2) is 9.32. The van der Waals surface area contributed by atoms with E-state index in [0.29, 0.717) is 24.1 Å². The van der Waals surface area contributed by atoms with Crippen molar-refractivity contribution in [3.05, 3.63) is 35.4 Å². The molecule has 2 aliphatic heterocycles. The van der Waals surface area contributed by atoms with Crippen LogP contribution in [0.3, 0.4) is 0 Å². The predicted octanol–water partition coefficient (Wildman–Crippen LogP) is 4.70. The number of hydrogen-bond donors (Lipinski definition) is 1. The van der Waals surface area contributed by atoms with Gasteiger partial charge in [-0.25, -0.2) is 0 Å². The zero-order chi connectivity index (χ0) is 19.4. The average molecular weight is 434 g/mol. The molecule has 7 heteroatoms. The summed E-state index contributed by atoms with van der Waals surface area (Å²) in [5.74, 6) is 0.0998. The van der Waals surface area contributed by atoms with Crippen molar-refractivity contribution in [2.24, 2.45) is 5.92 Å². The van der Waals surface area contributed by atoms with Gasteiger partial charge in [0.15, 0.2) is 6.23 Å². The highest BCUT2D eigenvalue weighted by Gasteiger charge is 2.38. The van der Waals surface area contributed by atoms with Gasteiger partial charge < -0.3 is 15.0 Å². The molecule has 0 aliphatic carbocycles. The van der Waals surface area contributed by atoms with Gasteiger partial charge in [-0.2, -0.15) is 0 Å². The molecule has 3 rings (SSSR count). The summed E-state index contributed by atoms with van der Waals surface area (Å²) in [6, 6.07) is 7.83. The minimum Gasteiger partial charge on any atom is -0.354 e. The van der Waals surface area contributed by atoms with Crippen molar-refractivity contribution in [1.29, 1.82) is 0 Å². The Labute approximate surface area is 176 Å². The molecule has 0 aromatic heterocycles. The molecule has 150 valence electrons. The summed E-state index contributed by atoms with van der Waals surface area (Å²) < 4.78 is 4.23. The zero-order valence-electron chi connectivity index (χ0n) is 15.6. The van der Waals surface area contributed by atoms with Crippen LogP contribution >= 0.6 is 34.8 Å². The number of fused-ring (bicyclic) bond motifs is 1. The maximum absolute atomic E-state index is 12.6. The van der Waals surface area contributed by atoms with Crippen LogP contribution in [0.2, 0.25) is 0 Å². The van der Waals surface area contributed by atoms with Crippen LogP contribution in [0.1, 0.15) is 48.0 Å². The van der Waals surface area contributed by atoms with Crippen molar-refractivity contribution in [1.82, 2.24) is 10.2 Å². The van der Waals surface area contributed by atoms with Gasteiger partial charge in [0.2, 0.25) is 3.79 Å². The summed E-state index contributed by atoms with van der Waals surface area (Å²) in [5.41, 5.74) is 1.52. The quantitative estimate of drug-likeness (QED) is 0.540. The number of carbonyl (C=O) groups excluding carboxylic acids is 1. The van der Waals surface area contributed by atoms with Crippen molar-refractivity contribution in [3.63, 3.8) is 0 Å². The summed E-state index contributed by atoms with van der Waals surface area (Å²) in [6.45, 7) is 4.74. The molecule has 0 spiro atoms. The Morgan fingerprint density at radius 2 is 2.04 bits per heavy atom. The summed E-state index contributed by atoms with van der Waals surface area (Å²) in [6.07, 6.45) is 5.01. The van der Waals surface area contributed by atoms with E-state index in [4.69, 9.17) is 39.5 Å². The lowest BCUT2D eigenvalue weighted by molar-refractivity contribution is -0.0325. The maximum Gasteiger partial charge on any atom is 0.253 e. The van der Waals surface area contributed by atoms with Crippen LogP contribution in [0.4, 0.5) is 0 Å². The standard InChI is InChI=1S/C20H27Cl3N2O2/c1-14-6-4-7-15(12-14)18(26)24-19(20(21,22)23)27-13-16-8-5-11-25-10-3-2-9-17(16)25/h4,6-7,12,16-17,19H,2-3,5,8-11,13H2,1H3,(H,24,26)/t16?,17-,19?/m1/s1. The van der Waals surface area contributed by atoms with Crippen molar-refractivity contribution in [2.45, 2.75) is 55.1 Å². The molecule has 2 heterocycles. The summed E-state index contributed by atoms with van der Waals surface area (Å²) in [4.78, 5) is 15.1. The summed E-state index contributed by atoms with van der Waals surface area (Å²) in [7, 11) is 0. The normalized spacial score (nSPS) is 24.9. The lowest BCUT2D eigenvalue weighted by Gasteiger charge is -2.44. The number of ether oxygens (including phenoxy) is 1. The van der Waals surface area contributed by atoms with E-state index in [9.17, 15) is 4.79 Å². The number of halogens is 3. The first-order chi connectivity index (χ1) is 12.8. The second-order valence-electron chi connectivity index (χ2n) is 7.60. The van der Waals surface area contributed by atoms with E-state index < -0.39 is 10.0 Å². The highest BCUT2D eigenvalue weighted by atomic mass is 35.6. The van der Waals surface area contributed by atoms with E-state index in [0.717, 1.165) is 12.0 Å². The van der Waals surface area contributed by atoms with Crippen LogP contribution in [0.25, 0.3) is 0 Å². The molecule has 1 amide bonds. The first-order valence-electron chi connectivity index (χ1n) is 9.64. The monoisotopic (exact) mass is 432 g/mol. The van der Waals surface area contributed by atoms with Gasteiger partial charge in [-0.05, 0) is 63.7 Å². The van der Waals surface area contributed by atoms with E-state index in [2.05, 4.69) is 10.2 Å². The molecule has 4 nitrogen and oxygen atoms in total. The molecule has 3 atom stereocenters. The van der Waals surface area contributed by atoms with Gasteiger partial charge in [0, 0.05) is 11.6 Å². The molecule has 2 unspecified atom stereocenters. The number of alkyl halides is 3. The number of nitrogens with zero attached hydrogens (tertiary/aromatic N) is 1. The van der Waals surface area contributed by atoms with Gasteiger partial charge in [-0.15, -0.1) is 0 Å². The number of hydrogen-bond acceptors (Lipinski definition) is 3. The molecule has 1 N–H and O–H groups in total. The molecule has 0 bridgehead atoms. The number of rotatable bonds is 5. The number of nitrogens with one attached hydrogen (secondary N) is 1. The highest BCUT2D eigenvalue weighted by molar-refractivity contribution is 6.68. The predicted molar refractivity (Wildman–Crippen MR) is 111 cm³/mol. The van der Waals surface area contributed by atoms with E-state index in [1.807, 2.05) is 19.1 Å². The second-order valence-corrected chi connectivity index (χ2v) is 9.97. The van der Waals surface area contributed by atoms with Gasteiger partial charge >= 0.3 is 0 Å². The number of benzene rings is 1. The molecule has 2 saturated heterocycles. The van der Waals surface area contributed by atoms with Gasteiger partial charge in [0.25, 0.3) is 5.91 Å². The molecule has 27 heavy (non-hydrogen) atoms. The summed E-state index contributed by atoms with van der Waals surface area (Å²) in [5, 5.41) is 2.74. The average Bonchev–Trinajstić information content (AvgIpc) is 2.64. The van der Waals surface area contributed by atoms with Crippen LogP contribution < -0.4 is 5.32 Å². The van der Waals surface area contributed by atoms with Crippen molar-refractivity contribution >= 4 is 40.7 Å². The lowest BCUT2D eigenvalue weighted by Crippen LogP contribution is -2.51. The number of piperidine rings is 2. The first-order valence-corrected chi connectivity index (χ1v) is 10.8. The number of amides is 1. The fourth-order valence-electron chi connectivity index (χ4n) is 4.20. The van der Waals surface area contributed by atoms with Crippen LogP contribution in [0, 0.1) is 12.8 Å². The van der Waals surface area contributed by atoms with E-state index >= 15 is 0 Å². The number of carbonyl (C=O) groups is 1. The Kier molecular flexibility index (Phi) is 7.32. The third-order valence-corrected chi connectivity index (χ3v) is 6.14. The zero-order valence-corrected chi connectivity index (χ0v) is 17.9. The Morgan fingerprint density at radius 1 is 1.26 bits per heavy atom. The van der Waals surface area contributed by atoms with Crippen LogP contribution in [-0.2, 0) is 4.74 Å². The largest absolute Gasteiger partial charge is 0.354 e. The molecule has 0 radical (unpaired) electrons. The lowest BCUT2D eigenvalue weighted by atomic mass is 9.84. The third kappa shape index (κ3) is 5.74. The van der Waals surface area contributed by atoms with Crippen LogP contribution in [-0.4, -0.2) is 46.6 Å². The molecular weight excluding hydrogens is 407 g/mol. The fourth-order valence-corrected chi connectivity index (χ4v) is 4.55. The van der Waals surface area contributed by atoms with E-state index in [1.54, 1.807) is 12.1 Å². The van der Waals surface area contributed by atoms with E-state index in [-0.39, 0.29) is 5.91 Å². The number of aryl methyl sites for hydroxylation is 1.